The van der Waals surface area contributed by atoms with Gasteiger partial charge in [-0.15, -0.1) is 0 Å². The molecule has 0 saturated carbocycles. The first-order valence-corrected chi connectivity index (χ1v) is 12.6. The molecule has 0 saturated heterocycles. The molecule has 0 aliphatic carbocycles. The number of carbonyl (C=O) groups is 1. The second-order valence-electron chi connectivity index (χ2n) is 8.09. The molecule has 0 aromatic heterocycles. The van der Waals surface area contributed by atoms with Crippen molar-refractivity contribution in [2.75, 3.05) is 31.7 Å². The van der Waals surface area contributed by atoms with E-state index < -0.39 is 10.0 Å². The van der Waals surface area contributed by atoms with Crippen molar-refractivity contribution in [1.82, 2.24) is 5.32 Å². The van der Waals surface area contributed by atoms with Gasteiger partial charge in [-0.25, -0.2) is 8.42 Å². The van der Waals surface area contributed by atoms with Gasteiger partial charge in [0.1, 0.15) is 17.2 Å². The molecule has 1 N–H and O–H groups in total. The minimum atomic E-state index is -3.70. The number of hydrogen-bond acceptors (Lipinski definition) is 6. The minimum Gasteiger partial charge on any atom is -0.496 e. The highest BCUT2D eigenvalue weighted by molar-refractivity contribution is 7.92. The van der Waals surface area contributed by atoms with Crippen LogP contribution in [0.2, 0.25) is 0 Å². The molecule has 1 heterocycles. The molecule has 0 spiro atoms. The number of sulfonamides is 1. The van der Waals surface area contributed by atoms with Crippen LogP contribution >= 0.6 is 0 Å². The van der Waals surface area contributed by atoms with Crippen LogP contribution in [0.25, 0.3) is 0 Å². The number of methoxy groups -OCH3 is 2. The fourth-order valence-corrected chi connectivity index (χ4v) is 5.70. The highest BCUT2D eigenvalue weighted by Crippen LogP contribution is 2.34. The lowest BCUT2D eigenvalue weighted by Gasteiger charge is -2.20. The van der Waals surface area contributed by atoms with Crippen LogP contribution in [0.4, 0.5) is 5.69 Å². The Hall–Kier alpha value is -3.72. The van der Waals surface area contributed by atoms with Crippen molar-refractivity contribution >= 4 is 21.6 Å². The van der Waals surface area contributed by atoms with Crippen molar-refractivity contribution < 1.29 is 27.4 Å². The topological polar surface area (TPSA) is 94.2 Å². The predicted octanol–water partition coefficient (Wildman–Crippen LogP) is 3.46. The number of nitrogens with one attached hydrogen (secondary N) is 1. The van der Waals surface area contributed by atoms with Crippen LogP contribution in [0, 0.1) is 6.92 Å². The van der Waals surface area contributed by atoms with E-state index >= 15 is 0 Å². The second-order valence-corrected chi connectivity index (χ2v) is 9.95. The molecule has 0 bridgehead atoms. The summed E-state index contributed by atoms with van der Waals surface area (Å²) in [5.41, 5.74) is 3.08. The maximum absolute atomic E-state index is 13.3. The second kappa shape index (κ2) is 10.3. The van der Waals surface area contributed by atoms with Gasteiger partial charge >= 0.3 is 0 Å². The molecule has 184 valence electrons. The average Bonchev–Trinajstić information content (AvgIpc) is 3.31. The standard InChI is InChI=1S/C26H28N2O6S/c1-18-15-20(35(30,31)28-14-13-19-7-4-5-8-22(19)28)11-12-23(18)34-17-26(29)27-16-21-24(32-2)9-6-10-25(21)33-3/h4-12,15H,13-14,16-17H2,1-3H3,(H,27,29). The summed E-state index contributed by atoms with van der Waals surface area (Å²) in [4.78, 5) is 12.6. The molecule has 4 rings (SSSR count). The Morgan fingerprint density at radius 2 is 1.69 bits per heavy atom. The molecule has 3 aromatic carbocycles. The van der Waals surface area contributed by atoms with E-state index in [2.05, 4.69) is 5.32 Å². The van der Waals surface area contributed by atoms with Crippen LogP contribution in [0.5, 0.6) is 17.2 Å². The number of benzene rings is 3. The number of aryl methyl sites for hydroxylation is 1. The van der Waals surface area contributed by atoms with E-state index in [9.17, 15) is 13.2 Å². The lowest BCUT2D eigenvalue weighted by atomic mass is 10.1. The molecule has 3 aromatic rings. The third-order valence-electron chi connectivity index (χ3n) is 5.93. The molecule has 35 heavy (non-hydrogen) atoms. The fourth-order valence-electron chi connectivity index (χ4n) is 4.11. The molecular formula is C26H28N2O6S. The number of carbonyl (C=O) groups excluding carboxylic acids is 1. The molecule has 9 heteroatoms. The number of nitrogens with zero attached hydrogens (tertiary/aromatic N) is 1. The molecule has 0 atom stereocenters. The molecule has 0 unspecified atom stereocenters. The number of anilines is 1. The molecule has 8 nitrogen and oxygen atoms in total. The van der Waals surface area contributed by atoms with Crippen LogP contribution in [0.3, 0.4) is 0 Å². The molecule has 1 aliphatic heterocycles. The van der Waals surface area contributed by atoms with Crippen molar-refractivity contribution in [3.05, 3.63) is 77.4 Å². The van der Waals surface area contributed by atoms with Gasteiger partial charge in [-0.05, 0) is 60.9 Å². The van der Waals surface area contributed by atoms with Crippen LogP contribution in [0.15, 0.2) is 65.6 Å². The third-order valence-corrected chi connectivity index (χ3v) is 7.74. The van der Waals surface area contributed by atoms with Gasteiger partial charge in [-0.1, -0.05) is 24.3 Å². The SMILES string of the molecule is COc1cccc(OC)c1CNC(=O)COc1ccc(S(=O)(=O)N2CCc3ccccc32)cc1C. The van der Waals surface area contributed by atoms with Crippen LogP contribution < -0.4 is 23.8 Å². The molecule has 0 fully saturated rings. The van der Waals surface area contributed by atoms with Crippen molar-refractivity contribution in [1.29, 1.82) is 0 Å². The van der Waals surface area contributed by atoms with E-state index in [0.717, 1.165) is 11.1 Å². The van der Waals surface area contributed by atoms with Gasteiger partial charge in [-0.3, -0.25) is 9.10 Å². The number of rotatable bonds is 9. The molecule has 1 amide bonds. The van der Waals surface area contributed by atoms with E-state index in [0.29, 0.717) is 41.5 Å². The van der Waals surface area contributed by atoms with Crippen LogP contribution in [-0.2, 0) is 27.8 Å². The largest absolute Gasteiger partial charge is 0.496 e. The Morgan fingerprint density at radius 1 is 0.971 bits per heavy atom. The van der Waals surface area contributed by atoms with E-state index in [4.69, 9.17) is 14.2 Å². The van der Waals surface area contributed by atoms with Gasteiger partial charge in [0.15, 0.2) is 6.61 Å². The molecule has 0 radical (unpaired) electrons. The maximum atomic E-state index is 13.3. The van der Waals surface area contributed by atoms with Crippen molar-refractivity contribution in [2.24, 2.45) is 0 Å². The zero-order valence-electron chi connectivity index (χ0n) is 19.9. The van der Waals surface area contributed by atoms with Gasteiger partial charge in [0.2, 0.25) is 0 Å². The number of para-hydroxylation sites is 1. The van der Waals surface area contributed by atoms with E-state index in [1.807, 2.05) is 24.3 Å². The average molecular weight is 497 g/mol. The van der Waals surface area contributed by atoms with Gasteiger partial charge in [0.05, 0.1) is 36.9 Å². The first kappa shape index (κ1) is 24.4. The third kappa shape index (κ3) is 5.05. The maximum Gasteiger partial charge on any atom is 0.264 e. The van der Waals surface area contributed by atoms with Gasteiger partial charge in [-0.2, -0.15) is 0 Å². The fraction of sp³-hybridized carbons (Fsp3) is 0.269. The van der Waals surface area contributed by atoms with Crippen molar-refractivity contribution in [2.45, 2.75) is 24.8 Å². The quantitative estimate of drug-likeness (QED) is 0.488. The summed E-state index contributed by atoms with van der Waals surface area (Å²) in [6, 6.07) is 17.6. The van der Waals surface area contributed by atoms with Gasteiger partial charge in [0.25, 0.3) is 15.9 Å². The Labute approximate surface area is 205 Å². The zero-order valence-corrected chi connectivity index (χ0v) is 20.7. The van der Waals surface area contributed by atoms with E-state index in [1.165, 1.54) is 10.4 Å². The van der Waals surface area contributed by atoms with Crippen LogP contribution in [-0.4, -0.2) is 41.7 Å². The highest BCUT2D eigenvalue weighted by Gasteiger charge is 2.30. The van der Waals surface area contributed by atoms with Crippen molar-refractivity contribution in [3.8, 4) is 17.2 Å². The summed E-state index contributed by atoms with van der Waals surface area (Å²) in [6.07, 6.45) is 0.686. The number of ether oxygens (including phenoxy) is 3. The predicted molar refractivity (Wildman–Crippen MR) is 133 cm³/mol. The summed E-state index contributed by atoms with van der Waals surface area (Å²) < 4.78 is 44.3. The summed E-state index contributed by atoms with van der Waals surface area (Å²) in [5, 5.41) is 2.79. The zero-order chi connectivity index (χ0) is 25.0. The number of fused-ring (bicyclic) bond motifs is 1. The minimum absolute atomic E-state index is 0.187. The Kier molecular flexibility index (Phi) is 7.16. The smallest absolute Gasteiger partial charge is 0.264 e. The van der Waals surface area contributed by atoms with Crippen molar-refractivity contribution in [3.63, 3.8) is 0 Å². The lowest BCUT2D eigenvalue weighted by Crippen LogP contribution is -2.29. The normalized spacial score (nSPS) is 12.7. The molecular weight excluding hydrogens is 468 g/mol. The summed E-state index contributed by atoms with van der Waals surface area (Å²) in [5.74, 6) is 1.33. The Balaban J connectivity index is 1.40. The van der Waals surface area contributed by atoms with E-state index in [1.54, 1.807) is 51.5 Å². The van der Waals surface area contributed by atoms with Crippen LogP contribution in [0.1, 0.15) is 16.7 Å². The Morgan fingerprint density at radius 3 is 2.37 bits per heavy atom. The summed E-state index contributed by atoms with van der Waals surface area (Å²) >= 11 is 0. The monoisotopic (exact) mass is 496 g/mol. The summed E-state index contributed by atoms with van der Waals surface area (Å²) in [7, 11) is -0.593. The number of hydrogen-bond donors (Lipinski definition) is 1. The van der Waals surface area contributed by atoms with Gasteiger partial charge < -0.3 is 19.5 Å². The first-order chi connectivity index (χ1) is 16.8. The first-order valence-electron chi connectivity index (χ1n) is 11.2. The Bertz CT molecular complexity index is 1320. The molecule has 1 aliphatic rings. The lowest BCUT2D eigenvalue weighted by molar-refractivity contribution is -0.123. The summed E-state index contributed by atoms with van der Waals surface area (Å²) in [6.45, 7) is 2.16. The number of amides is 1. The highest BCUT2D eigenvalue weighted by atomic mass is 32.2. The van der Waals surface area contributed by atoms with E-state index in [-0.39, 0.29) is 24.0 Å². The van der Waals surface area contributed by atoms with Gasteiger partial charge in [0, 0.05) is 6.54 Å².